The van der Waals surface area contributed by atoms with E-state index in [1.807, 2.05) is 0 Å². The first-order valence-electron chi connectivity index (χ1n) is 5.81. The second kappa shape index (κ2) is 7.41. The van der Waals surface area contributed by atoms with Gasteiger partial charge in [0.2, 0.25) is 0 Å². The number of hydrogen-bond acceptors (Lipinski definition) is 4. The van der Waals surface area contributed by atoms with Crippen LogP contribution in [0.2, 0.25) is 0 Å². The van der Waals surface area contributed by atoms with E-state index < -0.39 is 24.6 Å². The number of ether oxygens (including phenoxy) is 2. The van der Waals surface area contributed by atoms with Crippen LogP contribution in [0.4, 0.5) is 17.6 Å². The molecule has 0 aliphatic heterocycles. The molecule has 0 aliphatic rings. The summed E-state index contributed by atoms with van der Waals surface area (Å²) in [6, 6.07) is 3.71. The van der Waals surface area contributed by atoms with Crippen LogP contribution in [-0.4, -0.2) is 26.5 Å². The zero-order valence-corrected chi connectivity index (χ0v) is 10.8. The number of hydrogen-bond donors (Lipinski definition) is 2. The average Bonchev–Trinajstić information content (AvgIpc) is 2.37. The number of halogens is 4. The molecule has 3 N–H and O–H groups in total. The van der Waals surface area contributed by atoms with Gasteiger partial charge in [0, 0.05) is 12.6 Å². The topological polar surface area (TPSA) is 56.5 Å². The number of nitrogens with two attached hydrogens (primary N) is 1. The Bertz CT molecular complexity index is 426. The van der Waals surface area contributed by atoms with Gasteiger partial charge in [-0.15, -0.1) is 0 Å². The van der Waals surface area contributed by atoms with Crippen molar-refractivity contribution < 1.29 is 27.0 Å². The molecule has 1 aromatic carbocycles. The van der Waals surface area contributed by atoms with Gasteiger partial charge in [0.25, 0.3) is 0 Å². The van der Waals surface area contributed by atoms with Crippen LogP contribution in [0.1, 0.15) is 18.0 Å². The van der Waals surface area contributed by atoms with Crippen molar-refractivity contribution in [2.75, 3.05) is 20.3 Å². The van der Waals surface area contributed by atoms with Crippen molar-refractivity contribution in [1.29, 1.82) is 0 Å². The molecule has 0 saturated carbocycles. The zero-order valence-electron chi connectivity index (χ0n) is 10.8. The predicted molar refractivity (Wildman–Crippen MR) is 64.5 cm³/mol. The number of rotatable bonds is 7. The number of benzene rings is 1. The molecule has 0 aliphatic carbocycles. The molecule has 1 aromatic rings. The summed E-state index contributed by atoms with van der Waals surface area (Å²) in [5.41, 5.74) is 2.91. The zero-order chi connectivity index (χ0) is 15.2. The standard InChI is InChI=1S/C12H16F4N2O2/c1-19-11-3-2-8(6-9(11)13)10(18-17)4-5-20-7-12(14,15)16/h2-3,6,10,18H,4-5,7,17H2,1H3. The van der Waals surface area contributed by atoms with Crippen LogP contribution in [0.15, 0.2) is 18.2 Å². The Balaban J connectivity index is 2.56. The Morgan fingerprint density at radius 2 is 2.05 bits per heavy atom. The van der Waals surface area contributed by atoms with E-state index in [0.29, 0.717) is 5.56 Å². The minimum Gasteiger partial charge on any atom is -0.494 e. The van der Waals surface area contributed by atoms with Crippen molar-refractivity contribution in [3.63, 3.8) is 0 Å². The molecule has 1 rings (SSSR count). The largest absolute Gasteiger partial charge is 0.494 e. The fraction of sp³-hybridized carbons (Fsp3) is 0.500. The fourth-order valence-corrected chi connectivity index (χ4v) is 1.63. The molecule has 1 unspecified atom stereocenters. The highest BCUT2D eigenvalue weighted by Gasteiger charge is 2.27. The van der Waals surface area contributed by atoms with Gasteiger partial charge in [-0.3, -0.25) is 11.3 Å². The summed E-state index contributed by atoms with van der Waals surface area (Å²) in [6.07, 6.45) is -4.18. The summed E-state index contributed by atoms with van der Waals surface area (Å²) in [4.78, 5) is 0. The Morgan fingerprint density at radius 3 is 2.55 bits per heavy atom. The second-order valence-corrected chi connectivity index (χ2v) is 4.07. The van der Waals surface area contributed by atoms with E-state index in [1.165, 1.54) is 19.2 Å². The van der Waals surface area contributed by atoms with E-state index in [9.17, 15) is 17.6 Å². The third-order valence-electron chi connectivity index (χ3n) is 2.60. The van der Waals surface area contributed by atoms with Crippen LogP contribution in [0.3, 0.4) is 0 Å². The molecule has 0 saturated heterocycles. The molecule has 20 heavy (non-hydrogen) atoms. The van der Waals surface area contributed by atoms with Crippen molar-refractivity contribution in [1.82, 2.24) is 5.43 Å². The number of hydrazine groups is 1. The maximum atomic E-state index is 13.5. The predicted octanol–water partition coefficient (Wildman–Crippen LogP) is 2.31. The van der Waals surface area contributed by atoms with Crippen molar-refractivity contribution in [2.24, 2.45) is 5.84 Å². The summed E-state index contributed by atoms with van der Waals surface area (Å²) in [5, 5.41) is 0. The molecule has 114 valence electrons. The lowest BCUT2D eigenvalue weighted by atomic mass is 10.0. The SMILES string of the molecule is COc1ccc(C(CCOCC(F)(F)F)NN)cc1F. The minimum atomic E-state index is -4.36. The molecule has 0 bridgehead atoms. The molecule has 0 spiro atoms. The van der Waals surface area contributed by atoms with E-state index in [0.717, 1.165) is 0 Å². The quantitative estimate of drug-likeness (QED) is 0.351. The lowest BCUT2D eigenvalue weighted by molar-refractivity contribution is -0.174. The highest BCUT2D eigenvalue weighted by atomic mass is 19.4. The Hall–Kier alpha value is -1.38. The van der Waals surface area contributed by atoms with Gasteiger partial charge in [0.1, 0.15) is 6.61 Å². The highest BCUT2D eigenvalue weighted by molar-refractivity contribution is 5.30. The van der Waals surface area contributed by atoms with Crippen LogP contribution < -0.4 is 16.0 Å². The van der Waals surface area contributed by atoms with Crippen LogP contribution in [0, 0.1) is 5.82 Å². The van der Waals surface area contributed by atoms with Gasteiger partial charge in [-0.2, -0.15) is 13.2 Å². The van der Waals surface area contributed by atoms with Gasteiger partial charge >= 0.3 is 6.18 Å². The van der Waals surface area contributed by atoms with E-state index in [-0.39, 0.29) is 18.8 Å². The Labute approximate surface area is 113 Å². The first kappa shape index (κ1) is 16.7. The third kappa shape index (κ3) is 5.32. The molecule has 0 aromatic heterocycles. The third-order valence-corrected chi connectivity index (χ3v) is 2.60. The molecule has 0 radical (unpaired) electrons. The van der Waals surface area contributed by atoms with Crippen molar-refractivity contribution in [2.45, 2.75) is 18.6 Å². The minimum absolute atomic E-state index is 0.0813. The summed E-state index contributed by atoms with van der Waals surface area (Å²) < 4.78 is 58.5. The van der Waals surface area contributed by atoms with Gasteiger partial charge in [-0.1, -0.05) is 6.07 Å². The van der Waals surface area contributed by atoms with Gasteiger partial charge < -0.3 is 9.47 Å². The highest BCUT2D eigenvalue weighted by Crippen LogP contribution is 2.23. The first-order chi connectivity index (χ1) is 9.37. The van der Waals surface area contributed by atoms with Gasteiger partial charge in [-0.05, 0) is 24.1 Å². The van der Waals surface area contributed by atoms with E-state index in [4.69, 9.17) is 10.6 Å². The summed E-state index contributed by atoms with van der Waals surface area (Å²) in [7, 11) is 1.34. The monoisotopic (exact) mass is 296 g/mol. The van der Waals surface area contributed by atoms with Crippen LogP contribution in [0.25, 0.3) is 0 Å². The Kier molecular flexibility index (Phi) is 6.18. The molecule has 1 atom stereocenters. The van der Waals surface area contributed by atoms with Gasteiger partial charge in [0.15, 0.2) is 11.6 Å². The average molecular weight is 296 g/mol. The van der Waals surface area contributed by atoms with E-state index in [2.05, 4.69) is 10.2 Å². The first-order valence-corrected chi connectivity index (χ1v) is 5.81. The molecule has 4 nitrogen and oxygen atoms in total. The van der Waals surface area contributed by atoms with Crippen LogP contribution >= 0.6 is 0 Å². The molecular formula is C12H16F4N2O2. The summed E-state index contributed by atoms with van der Waals surface area (Å²) in [5.74, 6) is 4.83. The maximum absolute atomic E-state index is 13.5. The Morgan fingerprint density at radius 1 is 1.35 bits per heavy atom. The summed E-state index contributed by atoms with van der Waals surface area (Å²) in [6.45, 7) is -1.47. The molecule has 0 heterocycles. The number of methoxy groups -OCH3 is 1. The smallest absolute Gasteiger partial charge is 0.411 e. The van der Waals surface area contributed by atoms with Crippen molar-refractivity contribution >= 4 is 0 Å². The van der Waals surface area contributed by atoms with Crippen LogP contribution in [0.5, 0.6) is 5.75 Å². The van der Waals surface area contributed by atoms with Gasteiger partial charge in [-0.25, -0.2) is 4.39 Å². The molecule has 8 heteroatoms. The molecular weight excluding hydrogens is 280 g/mol. The van der Waals surface area contributed by atoms with Crippen molar-refractivity contribution in [3.8, 4) is 5.75 Å². The van der Waals surface area contributed by atoms with E-state index in [1.54, 1.807) is 6.07 Å². The maximum Gasteiger partial charge on any atom is 0.411 e. The fourth-order valence-electron chi connectivity index (χ4n) is 1.63. The van der Waals surface area contributed by atoms with E-state index >= 15 is 0 Å². The number of alkyl halides is 3. The summed E-state index contributed by atoms with van der Waals surface area (Å²) >= 11 is 0. The lowest BCUT2D eigenvalue weighted by Gasteiger charge is -2.17. The second-order valence-electron chi connectivity index (χ2n) is 4.07. The van der Waals surface area contributed by atoms with Crippen LogP contribution in [-0.2, 0) is 4.74 Å². The normalized spacial score (nSPS) is 13.3. The molecule has 0 fully saturated rings. The number of nitrogens with one attached hydrogen (secondary N) is 1. The lowest BCUT2D eigenvalue weighted by Crippen LogP contribution is -2.29. The molecule has 0 amide bonds. The van der Waals surface area contributed by atoms with Gasteiger partial charge in [0.05, 0.1) is 7.11 Å². The van der Waals surface area contributed by atoms with Crippen molar-refractivity contribution in [3.05, 3.63) is 29.6 Å².